The van der Waals surface area contributed by atoms with Crippen molar-refractivity contribution in [1.82, 2.24) is 0 Å². The molecule has 0 saturated carbocycles. The molecule has 0 spiro atoms. The molecule has 5 rings (SSSR count). The predicted molar refractivity (Wildman–Crippen MR) is 92.1 cm³/mol. The van der Waals surface area contributed by atoms with Crippen molar-refractivity contribution in [2.45, 2.75) is 20.3 Å². The Kier molecular flexibility index (Phi) is 1.97. The molecule has 0 saturated heterocycles. The van der Waals surface area contributed by atoms with Crippen LogP contribution in [0, 0.1) is 0 Å². The van der Waals surface area contributed by atoms with Gasteiger partial charge in [0.1, 0.15) is 0 Å². The lowest BCUT2D eigenvalue weighted by Crippen LogP contribution is -2.02. The number of hydrogen-bond acceptors (Lipinski definition) is 0. The van der Waals surface area contributed by atoms with Crippen molar-refractivity contribution >= 4 is 37.9 Å². The monoisotopic (exact) mass is 268 g/mol. The molecule has 0 bridgehead atoms. The molecule has 0 unspecified atom stereocenters. The molecule has 0 nitrogen and oxygen atoms in total. The lowest BCUT2D eigenvalue weighted by atomic mass is 9.81. The van der Waals surface area contributed by atoms with E-state index in [1.165, 1.54) is 54.6 Å². The van der Waals surface area contributed by atoms with E-state index in [4.69, 9.17) is 0 Å². The zero-order chi connectivity index (χ0) is 14.1. The standard InChI is InChI=1S/C21H16/c1-12-10-17-11-16-5-3-4-14-6-7-15-8-9-18(13(12)2)20(17)21(15)19(14)16/h3-9,11H,10H2,1-2H3. The molecule has 0 amide bonds. The maximum atomic E-state index is 2.41. The number of hydrogen-bond donors (Lipinski definition) is 0. The summed E-state index contributed by atoms with van der Waals surface area (Å²) in [6.45, 7) is 4.54. The van der Waals surface area contributed by atoms with E-state index in [0.29, 0.717) is 0 Å². The van der Waals surface area contributed by atoms with Gasteiger partial charge >= 0.3 is 0 Å². The zero-order valence-corrected chi connectivity index (χ0v) is 12.3. The van der Waals surface area contributed by atoms with E-state index >= 15 is 0 Å². The summed E-state index contributed by atoms with van der Waals surface area (Å²) in [5.41, 5.74) is 5.88. The van der Waals surface area contributed by atoms with Gasteiger partial charge in [-0.15, -0.1) is 0 Å². The Bertz CT molecular complexity index is 1060. The van der Waals surface area contributed by atoms with Crippen LogP contribution in [0.3, 0.4) is 0 Å². The smallest absolute Gasteiger partial charge is 0.00178 e. The minimum absolute atomic E-state index is 1.09. The number of allylic oxidation sites excluding steroid dienone is 2. The van der Waals surface area contributed by atoms with Gasteiger partial charge in [0.05, 0.1) is 0 Å². The predicted octanol–water partition coefficient (Wildman–Crippen LogP) is 5.93. The van der Waals surface area contributed by atoms with Gasteiger partial charge in [-0.05, 0) is 69.3 Å². The Labute approximate surface area is 124 Å². The maximum absolute atomic E-state index is 2.41. The van der Waals surface area contributed by atoms with Crippen LogP contribution in [0.2, 0.25) is 0 Å². The van der Waals surface area contributed by atoms with Gasteiger partial charge < -0.3 is 0 Å². The Morgan fingerprint density at radius 3 is 2.29 bits per heavy atom. The topological polar surface area (TPSA) is 0 Å². The Morgan fingerprint density at radius 2 is 1.43 bits per heavy atom. The van der Waals surface area contributed by atoms with E-state index < -0.39 is 0 Å². The number of rotatable bonds is 0. The van der Waals surface area contributed by atoms with E-state index in [-0.39, 0.29) is 0 Å². The van der Waals surface area contributed by atoms with Crippen molar-refractivity contribution in [3.63, 3.8) is 0 Å². The highest BCUT2D eigenvalue weighted by atomic mass is 14.2. The molecule has 0 radical (unpaired) electrons. The van der Waals surface area contributed by atoms with Gasteiger partial charge in [0.15, 0.2) is 0 Å². The average molecular weight is 268 g/mol. The molecule has 0 atom stereocenters. The van der Waals surface area contributed by atoms with Crippen molar-refractivity contribution in [3.8, 4) is 0 Å². The van der Waals surface area contributed by atoms with Crippen LogP contribution in [0.15, 0.2) is 54.1 Å². The van der Waals surface area contributed by atoms with Gasteiger partial charge in [0.2, 0.25) is 0 Å². The summed E-state index contributed by atoms with van der Waals surface area (Å²) < 4.78 is 0. The molecular formula is C21H16. The summed E-state index contributed by atoms with van der Waals surface area (Å²) in [7, 11) is 0. The van der Waals surface area contributed by atoms with Crippen LogP contribution in [-0.2, 0) is 6.42 Å². The van der Waals surface area contributed by atoms with Gasteiger partial charge in [0.25, 0.3) is 0 Å². The van der Waals surface area contributed by atoms with Crippen LogP contribution < -0.4 is 0 Å². The van der Waals surface area contributed by atoms with Crippen molar-refractivity contribution in [2.75, 3.05) is 0 Å². The summed E-state index contributed by atoms with van der Waals surface area (Å²) in [5, 5.41) is 8.48. The molecular weight excluding hydrogens is 252 g/mol. The molecule has 0 N–H and O–H groups in total. The third-order valence-electron chi connectivity index (χ3n) is 5.21. The highest BCUT2D eigenvalue weighted by Gasteiger charge is 2.19. The lowest BCUT2D eigenvalue weighted by molar-refractivity contribution is 1.14. The first-order valence-corrected chi connectivity index (χ1v) is 7.60. The molecule has 1 aliphatic rings. The summed E-state index contributed by atoms with van der Waals surface area (Å²) in [6.07, 6.45) is 1.09. The molecule has 0 heterocycles. The van der Waals surface area contributed by atoms with Crippen molar-refractivity contribution in [1.29, 1.82) is 0 Å². The van der Waals surface area contributed by atoms with Crippen LogP contribution in [0.5, 0.6) is 0 Å². The third kappa shape index (κ3) is 1.30. The second-order valence-electron chi connectivity index (χ2n) is 6.35. The van der Waals surface area contributed by atoms with E-state index in [2.05, 4.69) is 62.4 Å². The first-order valence-electron chi connectivity index (χ1n) is 7.60. The lowest BCUT2D eigenvalue weighted by Gasteiger charge is -2.23. The quantitative estimate of drug-likeness (QED) is 0.346. The van der Waals surface area contributed by atoms with Crippen molar-refractivity contribution in [2.24, 2.45) is 0 Å². The van der Waals surface area contributed by atoms with E-state index in [1.54, 1.807) is 0 Å². The van der Waals surface area contributed by atoms with E-state index in [1.807, 2.05) is 0 Å². The fraction of sp³-hybridized carbons (Fsp3) is 0.143. The summed E-state index contributed by atoms with van der Waals surface area (Å²) in [4.78, 5) is 0. The van der Waals surface area contributed by atoms with Crippen LogP contribution in [0.25, 0.3) is 37.9 Å². The molecule has 0 fully saturated rings. The fourth-order valence-corrected chi connectivity index (χ4v) is 4.04. The maximum Gasteiger partial charge on any atom is -0.00178 e. The van der Waals surface area contributed by atoms with Crippen LogP contribution in [-0.4, -0.2) is 0 Å². The molecule has 100 valence electrons. The van der Waals surface area contributed by atoms with Gasteiger partial charge in [-0.1, -0.05) is 54.1 Å². The summed E-state index contributed by atoms with van der Waals surface area (Å²) in [6, 6.07) is 18.2. The SMILES string of the molecule is CC1=C(C)c2ccc3ccc4cccc5cc(c2c3c45)C1. The average Bonchev–Trinajstić information content (AvgIpc) is 2.51. The molecule has 0 heteroatoms. The van der Waals surface area contributed by atoms with Crippen LogP contribution in [0.4, 0.5) is 0 Å². The van der Waals surface area contributed by atoms with Crippen molar-refractivity contribution < 1.29 is 0 Å². The van der Waals surface area contributed by atoms with E-state index in [0.717, 1.165) is 6.42 Å². The Hall–Kier alpha value is -2.34. The minimum Gasteiger partial charge on any atom is -0.0654 e. The highest BCUT2D eigenvalue weighted by Crippen LogP contribution is 2.43. The Morgan fingerprint density at radius 1 is 0.714 bits per heavy atom. The van der Waals surface area contributed by atoms with Gasteiger partial charge in [-0.25, -0.2) is 0 Å². The summed E-state index contributed by atoms with van der Waals surface area (Å²) >= 11 is 0. The first kappa shape index (κ1) is 11.3. The van der Waals surface area contributed by atoms with Gasteiger partial charge in [-0.2, -0.15) is 0 Å². The first-order chi connectivity index (χ1) is 10.2. The molecule has 1 aliphatic carbocycles. The van der Waals surface area contributed by atoms with Crippen LogP contribution >= 0.6 is 0 Å². The second-order valence-corrected chi connectivity index (χ2v) is 6.35. The van der Waals surface area contributed by atoms with Crippen LogP contribution in [0.1, 0.15) is 25.0 Å². The largest absolute Gasteiger partial charge is 0.0654 e. The van der Waals surface area contributed by atoms with Gasteiger partial charge in [0, 0.05) is 0 Å². The normalized spacial score (nSPS) is 14.8. The molecule has 4 aromatic rings. The second kappa shape index (κ2) is 3.65. The molecule has 0 aliphatic heterocycles. The highest BCUT2D eigenvalue weighted by molar-refractivity contribution is 6.25. The Balaban J connectivity index is 2.17. The van der Waals surface area contributed by atoms with Crippen molar-refractivity contribution in [3.05, 3.63) is 65.2 Å². The van der Waals surface area contributed by atoms with E-state index in [9.17, 15) is 0 Å². The van der Waals surface area contributed by atoms with Gasteiger partial charge in [-0.3, -0.25) is 0 Å². The fourth-order valence-electron chi connectivity index (χ4n) is 4.04. The summed E-state index contributed by atoms with van der Waals surface area (Å²) in [5.74, 6) is 0. The molecule has 4 aromatic carbocycles. The minimum atomic E-state index is 1.09. The number of benzene rings is 4. The molecule has 0 aromatic heterocycles. The third-order valence-corrected chi connectivity index (χ3v) is 5.21. The zero-order valence-electron chi connectivity index (χ0n) is 12.3. The molecule has 21 heavy (non-hydrogen) atoms.